The van der Waals surface area contributed by atoms with E-state index in [1.807, 2.05) is 24.3 Å². The first-order valence-electron chi connectivity index (χ1n) is 4.69. The average Bonchev–Trinajstić information content (AvgIpc) is 2.29. The van der Waals surface area contributed by atoms with E-state index < -0.39 is 0 Å². The largest absolute Gasteiger partial charge is 0.265 e. The third kappa shape index (κ3) is 2.50. The predicted molar refractivity (Wildman–Crippen MR) is 59.6 cm³/mol. The van der Waals surface area contributed by atoms with Gasteiger partial charge in [0, 0.05) is 18.0 Å². The lowest BCUT2D eigenvalue weighted by atomic mass is 10.1. The SMILES string of the molecule is Fc1ccccc1/C=C/c1ccncc1. The van der Waals surface area contributed by atoms with Gasteiger partial charge in [0.2, 0.25) is 0 Å². The summed E-state index contributed by atoms with van der Waals surface area (Å²) >= 11 is 0. The Hall–Kier alpha value is -1.96. The normalized spacial score (nSPS) is 10.7. The Bertz CT molecular complexity index is 463. The molecule has 0 unspecified atom stereocenters. The van der Waals surface area contributed by atoms with Gasteiger partial charge < -0.3 is 0 Å². The van der Waals surface area contributed by atoms with Gasteiger partial charge in [-0.2, -0.15) is 0 Å². The van der Waals surface area contributed by atoms with Crippen LogP contribution in [0.15, 0.2) is 48.8 Å². The van der Waals surface area contributed by atoms with E-state index in [1.54, 1.807) is 30.6 Å². The fraction of sp³-hybridized carbons (Fsp3) is 0. The number of benzene rings is 1. The van der Waals surface area contributed by atoms with Gasteiger partial charge in [0.05, 0.1) is 0 Å². The Kier molecular flexibility index (Phi) is 2.88. The van der Waals surface area contributed by atoms with Gasteiger partial charge in [-0.3, -0.25) is 4.98 Å². The summed E-state index contributed by atoms with van der Waals surface area (Å²) in [6.45, 7) is 0. The molecule has 0 radical (unpaired) electrons. The van der Waals surface area contributed by atoms with Crippen LogP contribution in [0.5, 0.6) is 0 Å². The summed E-state index contributed by atoms with van der Waals surface area (Å²) in [5.74, 6) is -0.206. The van der Waals surface area contributed by atoms with Gasteiger partial charge in [-0.1, -0.05) is 30.4 Å². The van der Waals surface area contributed by atoms with E-state index in [-0.39, 0.29) is 5.82 Å². The summed E-state index contributed by atoms with van der Waals surface area (Å²) in [7, 11) is 0. The van der Waals surface area contributed by atoms with Crippen LogP contribution in [0.2, 0.25) is 0 Å². The van der Waals surface area contributed by atoms with Crippen LogP contribution >= 0.6 is 0 Å². The highest BCUT2D eigenvalue weighted by Gasteiger charge is 1.94. The summed E-state index contributed by atoms with van der Waals surface area (Å²) in [5.41, 5.74) is 1.60. The summed E-state index contributed by atoms with van der Waals surface area (Å²) in [6, 6.07) is 10.4. The zero-order valence-corrected chi connectivity index (χ0v) is 8.10. The standard InChI is InChI=1S/C13H10FN/c14-13-4-2-1-3-12(13)6-5-11-7-9-15-10-8-11/h1-10H/b6-5+. The Morgan fingerprint density at radius 2 is 1.67 bits per heavy atom. The smallest absolute Gasteiger partial charge is 0.130 e. The number of pyridine rings is 1. The van der Waals surface area contributed by atoms with Gasteiger partial charge in [0.15, 0.2) is 0 Å². The quantitative estimate of drug-likeness (QED) is 0.722. The minimum Gasteiger partial charge on any atom is -0.265 e. The molecule has 0 saturated carbocycles. The van der Waals surface area contributed by atoms with Crippen LogP contribution in [0.1, 0.15) is 11.1 Å². The molecule has 0 atom stereocenters. The number of hydrogen-bond acceptors (Lipinski definition) is 1. The molecule has 0 aliphatic carbocycles. The molecule has 1 nitrogen and oxygen atoms in total. The number of hydrogen-bond donors (Lipinski definition) is 0. The molecular weight excluding hydrogens is 189 g/mol. The van der Waals surface area contributed by atoms with Gasteiger partial charge in [-0.05, 0) is 23.8 Å². The molecule has 2 rings (SSSR count). The second-order valence-corrected chi connectivity index (χ2v) is 3.14. The van der Waals surface area contributed by atoms with E-state index in [4.69, 9.17) is 0 Å². The van der Waals surface area contributed by atoms with Gasteiger partial charge >= 0.3 is 0 Å². The monoisotopic (exact) mass is 199 g/mol. The molecule has 0 saturated heterocycles. The molecule has 2 aromatic rings. The topological polar surface area (TPSA) is 12.9 Å². The Morgan fingerprint density at radius 3 is 2.40 bits per heavy atom. The summed E-state index contributed by atoms with van der Waals surface area (Å²) in [5, 5.41) is 0. The lowest BCUT2D eigenvalue weighted by Crippen LogP contribution is -1.79. The highest BCUT2D eigenvalue weighted by atomic mass is 19.1. The van der Waals surface area contributed by atoms with E-state index in [0.29, 0.717) is 5.56 Å². The van der Waals surface area contributed by atoms with Crippen molar-refractivity contribution in [3.63, 3.8) is 0 Å². The number of aromatic nitrogens is 1. The van der Waals surface area contributed by atoms with E-state index in [2.05, 4.69) is 4.98 Å². The van der Waals surface area contributed by atoms with Crippen molar-refractivity contribution in [3.8, 4) is 0 Å². The van der Waals surface area contributed by atoms with Crippen molar-refractivity contribution in [2.45, 2.75) is 0 Å². The van der Waals surface area contributed by atoms with E-state index >= 15 is 0 Å². The average molecular weight is 199 g/mol. The van der Waals surface area contributed by atoms with Crippen LogP contribution in [0.25, 0.3) is 12.2 Å². The molecule has 0 aliphatic heterocycles. The van der Waals surface area contributed by atoms with Crippen molar-refractivity contribution in [2.24, 2.45) is 0 Å². The second kappa shape index (κ2) is 4.51. The van der Waals surface area contributed by atoms with Crippen molar-refractivity contribution >= 4 is 12.2 Å². The Balaban J connectivity index is 2.23. The van der Waals surface area contributed by atoms with Crippen LogP contribution in [0.3, 0.4) is 0 Å². The minimum absolute atomic E-state index is 0.206. The fourth-order valence-electron chi connectivity index (χ4n) is 1.27. The molecule has 0 aliphatic rings. The summed E-state index contributed by atoms with van der Waals surface area (Å²) in [4.78, 5) is 3.91. The first-order valence-corrected chi connectivity index (χ1v) is 4.69. The predicted octanol–water partition coefficient (Wildman–Crippen LogP) is 3.39. The highest BCUT2D eigenvalue weighted by molar-refractivity contribution is 5.69. The van der Waals surface area contributed by atoms with E-state index in [9.17, 15) is 4.39 Å². The van der Waals surface area contributed by atoms with Crippen molar-refractivity contribution < 1.29 is 4.39 Å². The Morgan fingerprint density at radius 1 is 0.933 bits per heavy atom. The first-order chi connectivity index (χ1) is 7.36. The Labute approximate surface area is 87.9 Å². The zero-order valence-electron chi connectivity index (χ0n) is 8.10. The van der Waals surface area contributed by atoms with Crippen molar-refractivity contribution in [2.75, 3.05) is 0 Å². The van der Waals surface area contributed by atoms with Gasteiger partial charge in [0.1, 0.15) is 5.82 Å². The second-order valence-electron chi connectivity index (χ2n) is 3.14. The maximum absolute atomic E-state index is 13.2. The van der Waals surface area contributed by atoms with Crippen LogP contribution in [0, 0.1) is 5.82 Å². The van der Waals surface area contributed by atoms with Crippen LogP contribution < -0.4 is 0 Å². The van der Waals surface area contributed by atoms with Crippen LogP contribution in [-0.2, 0) is 0 Å². The lowest BCUT2D eigenvalue weighted by Gasteiger charge is -1.95. The minimum atomic E-state index is -0.206. The molecule has 0 amide bonds. The summed E-state index contributed by atoms with van der Waals surface area (Å²) < 4.78 is 13.2. The molecule has 0 spiro atoms. The molecule has 0 N–H and O–H groups in total. The van der Waals surface area contributed by atoms with E-state index in [1.165, 1.54) is 6.07 Å². The van der Waals surface area contributed by atoms with Gasteiger partial charge in [-0.25, -0.2) is 4.39 Å². The molecule has 2 heteroatoms. The molecule has 1 heterocycles. The third-order valence-corrected chi connectivity index (χ3v) is 2.07. The summed E-state index contributed by atoms with van der Waals surface area (Å²) in [6.07, 6.45) is 7.03. The fourth-order valence-corrected chi connectivity index (χ4v) is 1.27. The highest BCUT2D eigenvalue weighted by Crippen LogP contribution is 2.10. The van der Waals surface area contributed by atoms with Gasteiger partial charge in [-0.15, -0.1) is 0 Å². The lowest BCUT2D eigenvalue weighted by molar-refractivity contribution is 0.625. The van der Waals surface area contributed by atoms with E-state index in [0.717, 1.165) is 5.56 Å². The number of halogens is 1. The number of rotatable bonds is 2. The maximum Gasteiger partial charge on any atom is 0.130 e. The molecule has 0 fully saturated rings. The third-order valence-electron chi connectivity index (χ3n) is 2.07. The first kappa shape index (κ1) is 9.59. The molecule has 1 aromatic heterocycles. The maximum atomic E-state index is 13.2. The number of nitrogens with zero attached hydrogens (tertiary/aromatic N) is 1. The molecule has 1 aromatic carbocycles. The molecule has 0 bridgehead atoms. The van der Waals surface area contributed by atoms with Crippen LogP contribution in [-0.4, -0.2) is 4.98 Å². The zero-order chi connectivity index (χ0) is 10.5. The van der Waals surface area contributed by atoms with Crippen molar-refractivity contribution in [1.29, 1.82) is 0 Å². The molecule has 15 heavy (non-hydrogen) atoms. The molecule has 74 valence electrons. The molecular formula is C13H10FN. The van der Waals surface area contributed by atoms with Crippen molar-refractivity contribution in [1.82, 2.24) is 4.98 Å². The van der Waals surface area contributed by atoms with Gasteiger partial charge in [0.25, 0.3) is 0 Å². The van der Waals surface area contributed by atoms with Crippen LogP contribution in [0.4, 0.5) is 4.39 Å². The van der Waals surface area contributed by atoms with Crippen molar-refractivity contribution in [3.05, 3.63) is 65.7 Å².